The molecule has 0 aromatic carbocycles. The molecule has 0 aliphatic carbocycles. The Morgan fingerprint density at radius 1 is 1.30 bits per heavy atom. The van der Waals surface area contributed by atoms with E-state index in [1.165, 1.54) is 19.3 Å². The van der Waals surface area contributed by atoms with Gasteiger partial charge in [-0.05, 0) is 6.42 Å². The monoisotopic (exact) mass is 142 g/mol. The van der Waals surface area contributed by atoms with Gasteiger partial charge in [0.25, 0.3) is 0 Å². The lowest BCUT2D eigenvalue weighted by molar-refractivity contribution is 0.273. The van der Waals surface area contributed by atoms with Crippen LogP contribution in [0.5, 0.6) is 0 Å². The van der Waals surface area contributed by atoms with Gasteiger partial charge >= 0.3 is 5.95 Å². The zero-order valence-electron chi connectivity index (χ0n) is 6.39. The van der Waals surface area contributed by atoms with Crippen LogP contribution in [0.1, 0.15) is 39.0 Å². The third-order valence-corrected chi connectivity index (χ3v) is 1.67. The van der Waals surface area contributed by atoms with E-state index in [-0.39, 0.29) is 5.95 Å². The van der Waals surface area contributed by atoms with Gasteiger partial charge in [0.1, 0.15) is 0 Å². The Morgan fingerprint density at radius 3 is 2.50 bits per heavy atom. The largest absolute Gasteiger partial charge is 0.478 e. The summed E-state index contributed by atoms with van der Waals surface area (Å²) in [5, 5.41) is 8.64. The molecule has 2 heteroatoms. The highest BCUT2D eigenvalue weighted by Crippen LogP contribution is 2.27. The van der Waals surface area contributed by atoms with Gasteiger partial charge in [-0.1, -0.05) is 26.2 Å². The number of hydrogen-bond donors (Lipinski definition) is 1. The standard InChI is InChI=1S/C8H14O2/c1-2-3-4-5-6-7-8(9)10-7/h9H,2-6H2,1H3. The summed E-state index contributed by atoms with van der Waals surface area (Å²) in [6.07, 6.45) is 5.86. The van der Waals surface area contributed by atoms with E-state index in [9.17, 15) is 0 Å². The number of hydrogen-bond acceptors (Lipinski definition) is 2. The second kappa shape index (κ2) is 3.49. The van der Waals surface area contributed by atoms with Gasteiger partial charge in [0.15, 0.2) is 5.76 Å². The number of aliphatic hydroxyl groups excluding tert-OH is 1. The molecule has 0 radical (unpaired) electrons. The van der Waals surface area contributed by atoms with E-state index in [4.69, 9.17) is 5.11 Å². The molecule has 0 bridgehead atoms. The van der Waals surface area contributed by atoms with Crippen molar-refractivity contribution in [2.24, 2.45) is 0 Å². The van der Waals surface area contributed by atoms with Crippen LogP contribution in [0.25, 0.3) is 0 Å². The second-order valence-electron chi connectivity index (χ2n) is 2.64. The third-order valence-electron chi connectivity index (χ3n) is 1.67. The van der Waals surface area contributed by atoms with Gasteiger partial charge in [0.05, 0.1) is 0 Å². The Morgan fingerprint density at radius 2 is 2.00 bits per heavy atom. The van der Waals surface area contributed by atoms with Crippen LogP contribution in [0, 0.1) is 0 Å². The van der Waals surface area contributed by atoms with Gasteiger partial charge in [-0.2, -0.15) is 0 Å². The molecule has 2 nitrogen and oxygen atoms in total. The Hall–Kier alpha value is -0.660. The molecule has 0 saturated carbocycles. The summed E-state index contributed by atoms with van der Waals surface area (Å²) < 4.78 is 4.69. The molecule has 0 saturated heterocycles. The minimum Gasteiger partial charge on any atom is -0.478 e. The minimum atomic E-state index is 0.163. The van der Waals surface area contributed by atoms with E-state index in [1.54, 1.807) is 0 Å². The molecular weight excluding hydrogens is 128 g/mol. The average molecular weight is 142 g/mol. The molecule has 0 unspecified atom stereocenters. The fourth-order valence-electron chi connectivity index (χ4n) is 0.961. The smallest absolute Gasteiger partial charge is 0.322 e. The molecule has 0 amide bonds. The summed E-state index contributed by atoms with van der Waals surface area (Å²) in [5.74, 6) is 0.965. The van der Waals surface area contributed by atoms with Crippen molar-refractivity contribution >= 4 is 0 Å². The average Bonchev–Trinajstić information content (AvgIpc) is 2.60. The maximum atomic E-state index is 8.64. The number of unbranched alkanes of at least 4 members (excludes halogenated alkanes) is 3. The van der Waals surface area contributed by atoms with Crippen molar-refractivity contribution in [3.63, 3.8) is 0 Å². The van der Waals surface area contributed by atoms with Gasteiger partial charge in [-0.3, -0.25) is 0 Å². The fourth-order valence-corrected chi connectivity index (χ4v) is 0.961. The number of aliphatic hydroxyl groups is 1. The maximum Gasteiger partial charge on any atom is 0.322 e. The van der Waals surface area contributed by atoms with Crippen LogP contribution in [0.3, 0.4) is 0 Å². The highest BCUT2D eigenvalue weighted by molar-refractivity contribution is 5.08. The third kappa shape index (κ3) is 2.29. The lowest BCUT2D eigenvalue weighted by atomic mass is 10.1. The summed E-state index contributed by atoms with van der Waals surface area (Å²) >= 11 is 0. The first-order chi connectivity index (χ1) is 4.84. The Balaban J connectivity index is 1.87. The van der Waals surface area contributed by atoms with Crippen LogP contribution in [0.4, 0.5) is 0 Å². The quantitative estimate of drug-likeness (QED) is 0.598. The van der Waals surface area contributed by atoms with Crippen molar-refractivity contribution in [3.8, 4) is 0 Å². The van der Waals surface area contributed by atoms with Gasteiger partial charge in [0, 0.05) is 6.42 Å². The van der Waals surface area contributed by atoms with Crippen LogP contribution in [-0.4, -0.2) is 5.11 Å². The highest BCUT2D eigenvalue weighted by Gasteiger charge is 2.22. The minimum absolute atomic E-state index is 0.163. The number of ether oxygens (including phenoxy) is 1. The predicted molar refractivity (Wildman–Crippen MR) is 39.5 cm³/mol. The number of rotatable bonds is 5. The van der Waals surface area contributed by atoms with Gasteiger partial charge in [-0.25, -0.2) is 0 Å². The van der Waals surface area contributed by atoms with Crippen LogP contribution in [0.2, 0.25) is 0 Å². The molecular formula is C8H14O2. The van der Waals surface area contributed by atoms with E-state index in [1.807, 2.05) is 0 Å². The summed E-state index contributed by atoms with van der Waals surface area (Å²) in [6.45, 7) is 2.18. The first-order valence-corrected chi connectivity index (χ1v) is 3.94. The zero-order chi connectivity index (χ0) is 7.40. The van der Waals surface area contributed by atoms with Crippen LogP contribution in [-0.2, 0) is 4.74 Å². The molecule has 10 heavy (non-hydrogen) atoms. The Kier molecular flexibility index (Phi) is 2.60. The lowest BCUT2D eigenvalue weighted by Crippen LogP contribution is -1.74. The molecule has 0 atom stereocenters. The normalized spacial score (nSPS) is 15.3. The number of allylic oxidation sites excluding steroid dienone is 1. The summed E-state index contributed by atoms with van der Waals surface area (Å²) in [5.41, 5.74) is 0. The van der Waals surface area contributed by atoms with Gasteiger partial charge in [0.2, 0.25) is 0 Å². The van der Waals surface area contributed by atoms with Gasteiger partial charge in [-0.15, -0.1) is 0 Å². The zero-order valence-corrected chi connectivity index (χ0v) is 6.39. The summed E-state index contributed by atoms with van der Waals surface area (Å²) in [4.78, 5) is 0. The van der Waals surface area contributed by atoms with Crippen molar-refractivity contribution in [1.82, 2.24) is 0 Å². The molecule has 0 aromatic heterocycles. The Bertz CT molecular complexity index is 138. The molecule has 1 rings (SSSR count). The maximum absolute atomic E-state index is 8.64. The van der Waals surface area contributed by atoms with Crippen molar-refractivity contribution in [1.29, 1.82) is 0 Å². The van der Waals surface area contributed by atoms with E-state index in [0.29, 0.717) is 0 Å². The van der Waals surface area contributed by atoms with Crippen LogP contribution in [0.15, 0.2) is 11.7 Å². The molecule has 0 aromatic rings. The summed E-state index contributed by atoms with van der Waals surface area (Å²) in [7, 11) is 0. The van der Waals surface area contributed by atoms with Crippen molar-refractivity contribution < 1.29 is 9.84 Å². The summed E-state index contributed by atoms with van der Waals surface area (Å²) in [6, 6.07) is 0. The Labute approximate surface area is 61.5 Å². The first kappa shape index (κ1) is 7.45. The van der Waals surface area contributed by atoms with E-state index in [0.717, 1.165) is 18.6 Å². The van der Waals surface area contributed by atoms with E-state index in [2.05, 4.69) is 11.7 Å². The molecule has 1 N–H and O–H groups in total. The molecule has 1 aliphatic rings. The predicted octanol–water partition coefficient (Wildman–Crippen LogP) is 2.71. The van der Waals surface area contributed by atoms with Crippen molar-refractivity contribution in [2.75, 3.05) is 0 Å². The van der Waals surface area contributed by atoms with E-state index >= 15 is 0 Å². The first-order valence-electron chi connectivity index (χ1n) is 3.94. The van der Waals surface area contributed by atoms with Gasteiger partial charge < -0.3 is 9.84 Å². The second-order valence-corrected chi connectivity index (χ2v) is 2.64. The SMILES string of the molecule is CCCCCCC1=C(O)O1. The van der Waals surface area contributed by atoms with Crippen molar-refractivity contribution in [3.05, 3.63) is 11.7 Å². The van der Waals surface area contributed by atoms with Crippen LogP contribution >= 0.6 is 0 Å². The molecule has 0 spiro atoms. The molecule has 0 fully saturated rings. The van der Waals surface area contributed by atoms with Crippen molar-refractivity contribution in [2.45, 2.75) is 39.0 Å². The lowest BCUT2D eigenvalue weighted by Gasteiger charge is -1.91. The highest BCUT2D eigenvalue weighted by atomic mass is 16.7. The van der Waals surface area contributed by atoms with Crippen LogP contribution < -0.4 is 0 Å². The fraction of sp³-hybridized carbons (Fsp3) is 0.750. The molecule has 1 heterocycles. The molecule has 1 aliphatic heterocycles. The van der Waals surface area contributed by atoms with E-state index < -0.39 is 0 Å². The topological polar surface area (TPSA) is 32.8 Å². The molecule has 58 valence electrons.